The van der Waals surface area contributed by atoms with Gasteiger partial charge in [-0.3, -0.25) is 14.3 Å². The van der Waals surface area contributed by atoms with Gasteiger partial charge in [-0.1, -0.05) is 18.2 Å². The van der Waals surface area contributed by atoms with Gasteiger partial charge in [0.15, 0.2) is 0 Å². The Morgan fingerprint density at radius 2 is 1.79 bits per heavy atom. The molecule has 1 aliphatic rings. The summed E-state index contributed by atoms with van der Waals surface area (Å²) in [5.41, 5.74) is 5.31. The molecular formula is C21H20F3N7O2. The molecule has 4 rings (SSSR count). The van der Waals surface area contributed by atoms with Crippen LogP contribution < -0.4 is 10.6 Å². The number of hydrogen-bond donors (Lipinski definition) is 1. The quantitative estimate of drug-likeness (QED) is 0.583. The van der Waals surface area contributed by atoms with Gasteiger partial charge in [-0.2, -0.15) is 18.3 Å². The first kappa shape index (κ1) is 22.2. The topological polar surface area (TPSA) is 110 Å². The van der Waals surface area contributed by atoms with Crippen molar-refractivity contribution in [2.24, 2.45) is 5.73 Å². The standard InChI is InChI=1S/C21H20F3N7O2/c22-21(23,24)15-11-26-20(27-12-15)30-9-7-29(8-10-30)17(32)5-2-6-31-13-14-3-1-4-16(19(25)33)18(14)28-31/h1-5,11-13H,6-10H2,(H2,25,33). The summed E-state index contributed by atoms with van der Waals surface area (Å²) in [6.07, 6.45) is 1.92. The Labute approximate surface area is 186 Å². The summed E-state index contributed by atoms with van der Waals surface area (Å²) in [6.45, 7) is 1.93. The Kier molecular flexibility index (Phi) is 5.99. The van der Waals surface area contributed by atoms with Crippen molar-refractivity contribution in [3.8, 4) is 0 Å². The lowest BCUT2D eigenvalue weighted by molar-refractivity contribution is -0.138. The van der Waals surface area contributed by atoms with Crippen molar-refractivity contribution in [1.82, 2.24) is 24.6 Å². The van der Waals surface area contributed by atoms with Crippen molar-refractivity contribution < 1.29 is 22.8 Å². The number of nitrogens with zero attached hydrogens (tertiary/aromatic N) is 6. The van der Waals surface area contributed by atoms with Gasteiger partial charge in [-0.15, -0.1) is 0 Å². The molecule has 1 fully saturated rings. The van der Waals surface area contributed by atoms with E-state index in [1.54, 1.807) is 38.9 Å². The summed E-state index contributed by atoms with van der Waals surface area (Å²) < 4.78 is 39.6. The normalized spacial score (nSPS) is 14.9. The van der Waals surface area contributed by atoms with Crippen LogP contribution in [0.5, 0.6) is 0 Å². The fraction of sp³-hybridized carbons (Fsp3) is 0.286. The summed E-state index contributed by atoms with van der Waals surface area (Å²) in [4.78, 5) is 35.0. The number of hydrogen-bond acceptors (Lipinski definition) is 6. The number of piperazine rings is 1. The highest BCUT2D eigenvalue weighted by Gasteiger charge is 2.32. The van der Waals surface area contributed by atoms with Crippen LogP contribution in [0.4, 0.5) is 19.1 Å². The van der Waals surface area contributed by atoms with Gasteiger partial charge in [0.1, 0.15) is 5.52 Å². The third-order valence-corrected chi connectivity index (χ3v) is 5.24. The highest BCUT2D eigenvalue weighted by molar-refractivity contribution is 6.04. The molecule has 0 spiro atoms. The lowest BCUT2D eigenvalue weighted by atomic mass is 10.1. The van der Waals surface area contributed by atoms with Gasteiger partial charge in [0, 0.05) is 56.2 Å². The molecule has 1 saturated heterocycles. The lowest BCUT2D eigenvalue weighted by Crippen LogP contribution is -2.48. The second-order valence-electron chi connectivity index (χ2n) is 7.44. The van der Waals surface area contributed by atoms with Crippen molar-refractivity contribution in [1.29, 1.82) is 0 Å². The summed E-state index contributed by atoms with van der Waals surface area (Å²) in [6, 6.07) is 5.15. The third-order valence-electron chi connectivity index (χ3n) is 5.24. The average molecular weight is 459 g/mol. The molecule has 9 nitrogen and oxygen atoms in total. The number of amides is 2. The highest BCUT2D eigenvalue weighted by Crippen LogP contribution is 2.28. The molecule has 33 heavy (non-hydrogen) atoms. The maximum Gasteiger partial charge on any atom is 0.419 e. The Hall–Kier alpha value is -3.96. The van der Waals surface area contributed by atoms with Gasteiger partial charge < -0.3 is 15.5 Å². The predicted molar refractivity (Wildman–Crippen MR) is 113 cm³/mol. The lowest BCUT2D eigenvalue weighted by Gasteiger charge is -2.34. The van der Waals surface area contributed by atoms with Gasteiger partial charge >= 0.3 is 6.18 Å². The van der Waals surface area contributed by atoms with Crippen LogP contribution in [0.1, 0.15) is 15.9 Å². The fourth-order valence-corrected chi connectivity index (χ4v) is 3.51. The minimum atomic E-state index is -4.48. The molecule has 0 saturated carbocycles. The number of alkyl halides is 3. The molecule has 0 atom stereocenters. The summed E-state index contributed by atoms with van der Waals surface area (Å²) >= 11 is 0. The molecule has 0 aliphatic carbocycles. The van der Waals surface area contributed by atoms with E-state index in [-0.39, 0.29) is 11.9 Å². The van der Waals surface area contributed by atoms with Gasteiger partial charge in [0.25, 0.3) is 5.91 Å². The number of benzene rings is 1. The molecule has 2 N–H and O–H groups in total. The van der Waals surface area contributed by atoms with E-state index >= 15 is 0 Å². The van der Waals surface area contributed by atoms with Gasteiger partial charge in [0.2, 0.25) is 11.9 Å². The van der Waals surface area contributed by atoms with Crippen LogP contribution in [-0.4, -0.2) is 62.6 Å². The zero-order valence-corrected chi connectivity index (χ0v) is 17.4. The van der Waals surface area contributed by atoms with E-state index in [4.69, 9.17) is 5.73 Å². The molecule has 2 aromatic heterocycles. The highest BCUT2D eigenvalue weighted by atomic mass is 19.4. The Balaban J connectivity index is 1.32. The van der Waals surface area contributed by atoms with E-state index in [2.05, 4.69) is 15.1 Å². The first-order valence-corrected chi connectivity index (χ1v) is 10.1. The molecule has 0 bridgehead atoms. The number of halogens is 3. The number of aromatic nitrogens is 4. The summed E-state index contributed by atoms with van der Waals surface area (Å²) in [5, 5.41) is 5.13. The molecule has 12 heteroatoms. The number of rotatable bonds is 5. The fourth-order valence-electron chi connectivity index (χ4n) is 3.51. The number of allylic oxidation sites excluding steroid dienone is 1. The summed E-state index contributed by atoms with van der Waals surface area (Å²) in [7, 11) is 0. The van der Waals surface area contributed by atoms with Crippen molar-refractivity contribution in [2.75, 3.05) is 31.1 Å². The number of fused-ring (bicyclic) bond motifs is 1. The van der Waals surface area contributed by atoms with E-state index in [1.165, 1.54) is 6.08 Å². The first-order valence-electron chi connectivity index (χ1n) is 10.1. The molecule has 3 aromatic rings. The smallest absolute Gasteiger partial charge is 0.366 e. The molecule has 3 heterocycles. The number of carbonyl (C=O) groups is 2. The van der Waals surface area contributed by atoms with Crippen molar-refractivity contribution in [3.05, 3.63) is 60.1 Å². The number of carbonyl (C=O) groups excluding carboxylic acids is 2. The average Bonchev–Trinajstić information content (AvgIpc) is 3.21. The first-order chi connectivity index (χ1) is 15.7. The Morgan fingerprint density at radius 1 is 1.09 bits per heavy atom. The molecule has 1 aromatic carbocycles. The van der Waals surface area contributed by atoms with E-state index < -0.39 is 17.6 Å². The third kappa shape index (κ3) is 4.94. The van der Waals surface area contributed by atoms with Crippen LogP contribution in [0.25, 0.3) is 10.9 Å². The monoisotopic (exact) mass is 459 g/mol. The maximum atomic E-state index is 12.6. The van der Waals surface area contributed by atoms with E-state index in [0.29, 0.717) is 43.8 Å². The number of primary amides is 1. The van der Waals surface area contributed by atoms with Crippen LogP contribution in [0.15, 0.2) is 48.9 Å². The minimum Gasteiger partial charge on any atom is -0.366 e. The molecule has 172 valence electrons. The molecule has 0 unspecified atom stereocenters. The predicted octanol–water partition coefficient (Wildman–Crippen LogP) is 1.85. The Bertz CT molecular complexity index is 1200. The van der Waals surface area contributed by atoms with E-state index in [9.17, 15) is 22.8 Å². The summed E-state index contributed by atoms with van der Waals surface area (Å²) in [5.74, 6) is -0.540. The second kappa shape index (κ2) is 8.88. The Morgan fingerprint density at radius 3 is 2.42 bits per heavy atom. The van der Waals surface area contributed by atoms with Gasteiger partial charge in [-0.05, 0) is 6.07 Å². The van der Waals surface area contributed by atoms with Crippen LogP contribution in [0.2, 0.25) is 0 Å². The van der Waals surface area contributed by atoms with Gasteiger partial charge in [0.05, 0.1) is 17.7 Å². The maximum absolute atomic E-state index is 12.6. The van der Waals surface area contributed by atoms with Crippen molar-refractivity contribution in [3.63, 3.8) is 0 Å². The van der Waals surface area contributed by atoms with E-state index in [0.717, 1.165) is 17.8 Å². The molecule has 1 aliphatic heterocycles. The van der Waals surface area contributed by atoms with Gasteiger partial charge in [-0.25, -0.2) is 9.97 Å². The minimum absolute atomic E-state index is 0.183. The van der Waals surface area contributed by atoms with Crippen molar-refractivity contribution >= 4 is 28.7 Å². The zero-order chi connectivity index (χ0) is 23.6. The molecule has 0 radical (unpaired) electrons. The second-order valence-corrected chi connectivity index (χ2v) is 7.44. The number of nitrogens with two attached hydrogens (primary N) is 1. The van der Waals surface area contributed by atoms with Crippen LogP contribution in [-0.2, 0) is 17.5 Å². The van der Waals surface area contributed by atoms with Crippen molar-refractivity contribution in [2.45, 2.75) is 12.7 Å². The van der Waals surface area contributed by atoms with Crippen LogP contribution in [0.3, 0.4) is 0 Å². The molecular weight excluding hydrogens is 439 g/mol. The number of anilines is 1. The largest absolute Gasteiger partial charge is 0.419 e. The van der Waals surface area contributed by atoms with E-state index in [1.807, 2.05) is 6.07 Å². The SMILES string of the molecule is NC(=O)c1cccc2cn(CC=CC(=O)N3CCN(c4ncc(C(F)(F)F)cn4)CC3)nc12. The van der Waals surface area contributed by atoms with Crippen LogP contribution >= 0.6 is 0 Å². The van der Waals surface area contributed by atoms with Crippen LogP contribution in [0, 0.1) is 0 Å². The zero-order valence-electron chi connectivity index (χ0n) is 17.4. The molecule has 2 amide bonds.